The normalized spacial score (nSPS) is 15.7. The number of imide groups is 1. The smallest absolute Gasteiger partial charge is 0.325 e. The Morgan fingerprint density at radius 2 is 1.88 bits per heavy atom. The zero-order valence-electron chi connectivity index (χ0n) is 13.8. The summed E-state index contributed by atoms with van der Waals surface area (Å²) in [7, 11) is 0. The Balaban J connectivity index is 1.73. The quantitative estimate of drug-likeness (QED) is 0.546. The van der Waals surface area contributed by atoms with Crippen LogP contribution in [0.25, 0.3) is 0 Å². The van der Waals surface area contributed by atoms with E-state index in [-0.39, 0.29) is 13.0 Å². The number of urea groups is 1. The lowest BCUT2D eigenvalue weighted by Gasteiger charge is -2.15. The summed E-state index contributed by atoms with van der Waals surface area (Å²) in [6.07, 6.45) is -0.180. The molecule has 1 heterocycles. The summed E-state index contributed by atoms with van der Waals surface area (Å²) in [6, 6.07) is 6.38. The van der Waals surface area contributed by atoms with E-state index in [1.165, 1.54) is 0 Å². The summed E-state index contributed by atoms with van der Waals surface area (Å²) in [5.41, 5.74) is -0.406. The van der Waals surface area contributed by atoms with Crippen LogP contribution in [0.5, 0.6) is 0 Å². The van der Waals surface area contributed by atoms with Crippen molar-refractivity contribution in [1.29, 1.82) is 0 Å². The number of carbonyl (C=O) groups is 4. The number of anilines is 1. The number of esters is 1. The van der Waals surface area contributed by atoms with Crippen LogP contribution in [-0.4, -0.2) is 47.4 Å². The number of carbonyl (C=O) groups excluding carboxylic acids is 4. The first kappa shape index (κ1) is 18.9. The molecule has 0 spiro atoms. The Morgan fingerprint density at radius 1 is 1.24 bits per heavy atom. The summed E-state index contributed by atoms with van der Waals surface area (Å²) in [6.45, 7) is 2.62. The Kier molecular flexibility index (Phi) is 5.78. The molecule has 1 aliphatic heterocycles. The zero-order chi connectivity index (χ0) is 18.6. The van der Waals surface area contributed by atoms with Gasteiger partial charge in [0.2, 0.25) is 0 Å². The van der Waals surface area contributed by atoms with Gasteiger partial charge in [-0.15, -0.1) is 0 Å². The lowest BCUT2D eigenvalue weighted by Crippen LogP contribution is -2.40. The van der Waals surface area contributed by atoms with E-state index in [1.54, 1.807) is 38.1 Å². The molecule has 1 aliphatic rings. The molecule has 2 rings (SSSR count). The summed E-state index contributed by atoms with van der Waals surface area (Å²) in [4.78, 5) is 48.0. The number of ether oxygens (including phenoxy) is 1. The molecule has 0 aromatic heterocycles. The minimum absolute atomic E-state index is 0.0960. The SMILES string of the molecule is CC1(C)NC(=O)N(CCC(=O)OCC(=O)Nc2ccc(Br)cc2)C1=O. The van der Waals surface area contributed by atoms with Crippen LogP contribution in [0.1, 0.15) is 20.3 Å². The molecule has 1 saturated heterocycles. The minimum atomic E-state index is -0.981. The van der Waals surface area contributed by atoms with Gasteiger partial charge >= 0.3 is 12.0 Å². The van der Waals surface area contributed by atoms with E-state index in [0.717, 1.165) is 9.37 Å². The second kappa shape index (κ2) is 7.64. The van der Waals surface area contributed by atoms with Crippen LogP contribution in [0.2, 0.25) is 0 Å². The number of hydrogen-bond donors (Lipinski definition) is 2. The lowest BCUT2D eigenvalue weighted by atomic mass is 10.1. The van der Waals surface area contributed by atoms with Crippen LogP contribution < -0.4 is 10.6 Å². The van der Waals surface area contributed by atoms with E-state index in [4.69, 9.17) is 4.74 Å². The summed E-state index contributed by atoms with van der Waals surface area (Å²) in [5.74, 6) is -1.55. The number of amides is 4. The van der Waals surface area contributed by atoms with Crippen LogP contribution in [0.3, 0.4) is 0 Å². The molecule has 1 aromatic carbocycles. The number of nitrogens with one attached hydrogen (secondary N) is 2. The molecule has 9 heteroatoms. The molecule has 25 heavy (non-hydrogen) atoms. The third kappa shape index (κ3) is 5.02. The van der Waals surface area contributed by atoms with Gasteiger partial charge in [-0.25, -0.2) is 4.79 Å². The highest BCUT2D eigenvalue weighted by atomic mass is 79.9. The van der Waals surface area contributed by atoms with Gasteiger partial charge in [-0.05, 0) is 38.1 Å². The second-order valence-electron chi connectivity index (χ2n) is 5.98. The molecule has 0 saturated carbocycles. The standard InChI is InChI=1S/C16H18BrN3O5/c1-16(2)14(23)20(15(24)19-16)8-7-13(22)25-9-12(21)18-11-5-3-10(17)4-6-11/h3-6H,7-9H2,1-2H3,(H,18,21)(H,19,24). The van der Waals surface area contributed by atoms with Crippen LogP contribution in [0, 0.1) is 0 Å². The van der Waals surface area contributed by atoms with Crippen molar-refractivity contribution in [3.05, 3.63) is 28.7 Å². The molecular weight excluding hydrogens is 394 g/mol. The molecule has 2 N–H and O–H groups in total. The number of rotatable bonds is 6. The third-order valence-electron chi connectivity index (χ3n) is 3.48. The first-order chi connectivity index (χ1) is 11.7. The van der Waals surface area contributed by atoms with Gasteiger partial charge in [-0.3, -0.25) is 19.3 Å². The maximum Gasteiger partial charge on any atom is 0.325 e. The second-order valence-corrected chi connectivity index (χ2v) is 6.89. The van der Waals surface area contributed by atoms with E-state index < -0.39 is 36.0 Å². The van der Waals surface area contributed by atoms with Crippen molar-refractivity contribution in [3.63, 3.8) is 0 Å². The number of benzene rings is 1. The van der Waals surface area contributed by atoms with Gasteiger partial charge in [-0.1, -0.05) is 15.9 Å². The van der Waals surface area contributed by atoms with Crippen LogP contribution in [0.4, 0.5) is 10.5 Å². The van der Waals surface area contributed by atoms with Gasteiger partial charge in [0.25, 0.3) is 11.8 Å². The van der Waals surface area contributed by atoms with Crippen molar-refractivity contribution in [1.82, 2.24) is 10.2 Å². The Morgan fingerprint density at radius 3 is 2.44 bits per heavy atom. The maximum absolute atomic E-state index is 12.0. The fourth-order valence-electron chi connectivity index (χ4n) is 2.17. The Labute approximate surface area is 153 Å². The van der Waals surface area contributed by atoms with E-state index >= 15 is 0 Å². The summed E-state index contributed by atoms with van der Waals surface area (Å²) >= 11 is 3.28. The fraction of sp³-hybridized carbons (Fsp3) is 0.375. The maximum atomic E-state index is 12.0. The Bertz CT molecular complexity index is 702. The van der Waals surface area contributed by atoms with Gasteiger partial charge < -0.3 is 15.4 Å². The largest absolute Gasteiger partial charge is 0.456 e. The van der Waals surface area contributed by atoms with Crippen molar-refractivity contribution < 1.29 is 23.9 Å². The molecule has 4 amide bonds. The zero-order valence-corrected chi connectivity index (χ0v) is 15.4. The molecule has 8 nitrogen and oxygen atoms in total. The molecule has 0 radical (unpaired) electrons. The van der Waals surface area contributed by atoms with Gasteiger partial charge in [0.1, 0.15) is 5.54 Å². The van der Waals surface area contributed by atoms with Gasteiger partial charge in [0.15, 0.2) is 6.61 Å². The molecule has 134 valence electrons. The van der Waals surface area contributed by atoms with E-state index in [9.17, 15) is 19.2 Å². The third-order valence-corrected chi connectivity index (χ3v) is 4.00. The van der Waals surface area contributed by atoms with Crippen LogP contribution >= 0.6 is 15.9 Å². The van der Waals surface area contributed by atoms with Crippen molar-refractivity contribution >= 4 is 45.4 Å². The van der Waals surface area contributed by atoms with Gasteiger partial charge in [0, 0.05) is 16.7 Å². The number of halogens is 1. The fourth-order valence-corrected chi connectivity index (χ4v) is 2.44. The van der Waals surface area contributed by atoms with E-state index in [1.807, 2.05) is 0 Å². The lowest BCUT2D eigenvalue weighted by molar-refractivity contribution is -0.147. The predicted octanol–water partition coefficient (Wildman–Crippen LogP) is 1.65. The average Bonchev–Trinajstić information content (AvgIpc) is 2.73. The molecule has 1 aromatic rings. The van der Waals surface area contributed by atoms with E-state index in [2.05, 4.69) is 26.6 Å². The number of nitrogens with zero attached hydrogens (tertiary/aromatic N) is 1. The van der Waals surface area contributed by atoms with Gasteiger partial charge in [-0.2, -0.15) is 0 Å². The summed E-state index contributed by atoms with van der Waals surface area (Å²) < 4.78 is 5.73. The topological polar surface area (TPSA) is 105 Å². The molecule has 1 fully saturated rings. The first-order valence-electron chi connectivity index (χ1n) is 7.54. The highest BCUT2D eigenvalue weighted by Crippen LogP contribution is 2.17. The molecule has 0 atom stereocenters. The molecule has 0 bridgehead atoms. The molecular formula is C16H18BrN3O5. The van der Waals surface area contributed by atoms with Gasteiger partial charge in [0.05, 0.1) is 6.42 Å². The van der Waals surface area contributed by atoms with Crippen molar-refractivity contribution in [2.75, 3.05) is 18.5 Å². The van der Waals surface area contributed by atoms with Crippen molar-refractivity contribution in [2.45, 2.75) is 25.8 Å². The Hall–Kier alpha value is -2.42. The van der Waals surface area contributed by atoms with E-state index in [0.29, 0.717) is 5.69 Å². The highest BCUT2D eigenvalue weighted by Gasteiger charge is 2.44. The predicted molar refractivity (Wildman–Crippen MR) is 92.7 cm³/mol. The molecule has 0 aliphatic carbocycles. The highest BCUT2D eigenvalue weighted by molar-refractivity contribution is 9.10. The first-order valence-corrected chi connectivity index (χ1v) is 8.33. The average molecular weight is 412 g/mol. The van der Waals surface area contributed by atoms with Crippen molar-refractivity contribution in [3.8, 4) is 0 Å². The van der Waals surface area contributed by atoms with Crippen molar-refractivity contribution in [2.24, 2.45) is 0 Å². The number of hydrogen-bond acceptors (Lipinski definition) is 5. The summed E-state index contributed by atoms with van der Waals surface area (Å²) in [5, 5.41) is 5.10. The monoisotopic (exact) mass is 411 g/mol. The van der Waals surface area contributed by atoms with Crippen LogP contribution in [-0.2, 0) is 19.1 Å². The molecule has 0 unspecified atom stereocenters. The van der Waals surface area contributed by atoms with Crippen LogP contribution in [0.15, 0.2) is 28.7 Å². The minimum Gasteiger partial charge on any atom is -0.456 e.